The monoisotopic (exact) mass is 340 g/mol. The number of hydrogen-bond acceptors (Lipinski definition) is 3. The Labute approximate surface area is 138 Å². The number of nitrogens with one attached hydrogen (secondary N) is 2. The van der Waals surface area contributed by atoms with Crippen molar-refractivity contribution in [2.45, 2.75) is 33.0 Å². The normalized spacial score (nSPS) is 12.8. The standard InChI is InChI=1S/C17H19F3N2O2/c1-10-7-15(12(3)24-10)11(2)22-16(23)9-21-14-6-4-5-13(8-14)17(18,19)20/h4-8,11,21H,9H2,1-3H3,(H,22,23). The zero-order valence-corrected chi connectivity index (χ0v) is 13.6. The quantitative estimate of drug-likeness (QED) is 0.857. The van der Waals surface area contributed by atoms with Gasteiger partial charge in [-0.15, -0.1) is 0 Å². The lowest BCUT2D eigenvalue weighted by Crippen LogP contribution is -2.32. The number of carbonyl (C=O) groups is 1. The van der Waals surface area contributed by atoms with Crippen LogP contribution in [0.5, 0.6) is 0 Å². The molecular weight excluding hydrogens is 321 g/mol. The Kier molecular flexibility index (Phi) is 5.21. The molecule has 0 saturated carbocycles. The highest BCUT2D eigenvalue weighted by atomic mass is 19.4. The molecule has 0 saturated heterocycles. The molecule has 7 heteroatoms. The minimum Gasteiger partial charge on any atom is -0.466 e. The third-order valence-corrected chi connectivity index (χ3v) is 3.57. The maximum Gasteiger partial charge on any atom is 0.416 e. The molecule has 0 radical (unpaired) electrons. The van der Waals surface area contributed by atoms with E-state index in [1.165, 1.54) is 12.1 Å². The molecule has 1 aromatic heterocycles. The molecule has 0 spiro atoms. The van der Waals surface area contributed by atoms with Gasteiger partial charge < -0.3 is 15.1 Å². The molecule has 4 nitrogen and oxygen atoms in total. The fourth-order valence-corrected chi connectivity index (χ4v) is 2.44. The molecule has 1 amide bonds. The van der Waals surface area contributed by atoms with Crippen LogP contribution in [0.2, 0.25) is 0 Å². The minimum absolute atomic E-state index is 0.123. The number of hydrogen-bond donors (Lipinski definition) is 2. The highest BCUT2D eigenvalue weighted by Gasteiger charge is 2.30. The van der Waals surface area contributed by atoms with E-state index in [-0.39, 0.29) is 24.2 Å². The number of alkyl halides is 3. The van der Waals surface area contributed by atoms with Gasteiger partial charge in [-0.05, 0) is 45.0 Å². The summed E-state index contributed by atoms with van der Waals surface area (Å²) < 4.78 is 43.4. The molecule has 0 bridgehead atoms. The highest BCUT2D eigenvalue weighted by molar-refractivity contribution is 5.81. The van der Waals surface area contributed by atoms with Gasteiger partial charge in [0.05, 0.1) is 18.2 Å². The molecule has 2 aromatic rings. The zero-order valence-electron chi connectivity index (χ0n) is 13.6. The van der Waals surface area contributed by atoms with Crippen molar-refractivity contribution in [3.63, 3.8) is 0 Å². The van der Waals surface area contributed by atoms with Crippen LogP contribution in [0.25, 0.3) is 0 Å². The Morgan fingerprint density at radius 2 is 1.96 bits per heavy atom. The second kappa shape index (κ2) is 6.98. The van der Waals surface area contributed by atoms with Crippen molar-refractivity contribution in [2.75, 3.05) is 11.9 Å². The number of carbonyl (C=O) groups excluding carboxylic acids is 1. The molecule has 1 aromatic carbocycles. The maximum absolute atomic E-state index is 12.7. The van der Waals surface area contributed by atoms with Gasteiger partial charge in [-0.1, -0.05) is 6.07 Å². The van der Waals surface area contributed by atoms with Gasteiger partial charge in [0, 0.05) is 11.3 Å². The summed E-state index contributed by atoms with van der Waals surface area (Å²) in [6, 6.07) is 6.33. The summed E-state index contributed by atoms with van der Waals surface area (Å²) in [7, 11) is 0. The third-order valence-electron chi connectivity index (χ3n) is 3.57. The minimum atomic E-state index is -4.41. The predicted octanol–water partition coefficient (Wildman–Crippen LogP) is 4.20. The van der Waals surface area contributed by atoms with Gasteiger partial charge in [0.1, 0.15) is 11.5 Å². The van der Waals surface area contributed by atoms with Gasteiger partial charge in [-0.2, -0.15) is 13.2 Å². The van der Waals surface area contributed by atoms with Crippen LogP contribution in [0, 0.1) is 13.8 Å². The number of furan rings is 1. The smallest absolute Gasteiger partial charge is 0.416 e. The Morgan fingerprint density at radius 3 is 2.54 bits per heavy atom. The van der Waals surface area contributed by atoms with Crippen LogP contribution in [-0.2, 0) is 11.0 Å². The van der Waals surface area contributed by atoms with Crippen molar-refractivity contribution in [3.05, 3.63) is 53.0 Å². The molecule has 2 rings (SSSR count). The van der Waals surface area contributed by atoms with E-state index >= 15 is 0 Å². The van der Waals surface area contributed by atoms with Gasteiger partial charge in [0.25, 0.3) is 0 Å². The first-order valence-corrected chi connectivity index (χ1v) is 7.44. The van der Waals surface area contributed by atoms with Gasteiger partial charge >= 0.3 is 6.18 Å². The Balaban J connectivity index is 1.93. The first-order valence-electron chi connectivity index (χ1n) is 7.44. The molecule has 1 atom stereocenters. The highest BCUT2D eigenvalue weighted by Crippen LogP contribution is 2.30. The average Bonchev–Trinajstić information content (AvgIpc) is 2.83. The van der Waals surface area contributed by atoms with Crippen molar-refractivity contribution < 1.29 is 22.4 Å². The number of halogens is 3. The number of amides is 1. The van der Waals surface area contributed by atoms with Crippen LogP contribution in [0.4, 0.5) is 18.9 Å². The van der Waals surface area contributed by atoms with E-state index in [1.54, 1.807) is 0 Å². The van der Waals surface area contributed by atoms with E-state index in [0.717, 1.165) is 29.2 Å². The molecule has 130 valence electrons. The summed E-state index contributed by atoms with van der Waals surface area (Å²) in [6.07, 6.45) is -4.41. The summed E-state index contributed by atoms with van der Waals surface area (Å²) in [5.41, 5.74) is 0.355. The van der Waals surface area contributed by atoms with Gasteiger partial charge in [0.2, 0.25) is 5.91 Å². The Hall–Kier alpha value is -2.44. The maximum atomic E-state index is 12.7. The summed E-state index contributed by atoms with van der Waals surface area (Å²) in [6.45, 7) is 5.33. The van der Waals surface area contributed by atoms with Crippen LogP contribution in [0.3, 0.4) is 0 Å². The summed E-state index contributed by atoms with van der Waals surface area (Å²) in [5.74, 6) is 1.16. The van der Waals surface area contributed by atoms with Crippen LogP contribution < -0.4 is 10.6 Å². The molecule has 0 aliphatic rings. The van der Waals surface area contributed by atoms with Crippen LogP contribution in [-0.4, -0.2) is 12.5 Å². The number of aryl methyl sites for hydroxylation is 2. The first-order chi connectivity index (χ1) is 11.2. The molecule has 0 aliphatic heterocycles. The van der Waals surface area contributed by atoms with E-state index in [1.807, 2.05) is 26.8 Å². The molecule has 0 aliphatic carbocycles. The van der Waals surface area contributed by atoms with E-state index in [9.17, 15) is 18.0 Å². The largest absolute Gasteiger partial charge is 0.466 e. The molecule has 2 N–H and O–H groups in total. The lowest BCUT2D eigenvalue weighted by molar-refractivity contribution is -0.137. The van der Waals surface area contributed by atoms with Gasteiger partial charge in [-0.25, -0.2) is 0 Å². The van der Waals surface area contributed by atoms with Crippen molar-refractivity contribution in [2.24, 2.45) is 0 Å². The molecule has 0 fully saturated rings. The van der Waals surface area contributed by atoms with Crippen LogP contribution >= 0.6 is 0 Å². The van der Waals surface area contributed by atoms with Crippen molar-refractivity contribution in [1.82, 2.24) is 5.32 Å². The average molecular weight is 340 g/mol. The Bertz CT molecular complexity index is 723. The van der Waals surface area contributed by atoms with E-state index in [4.69, 9.17) is 4.42 Å². The fraction of sp³-hybridized carbons (Fsp3) is 0.353. The summed E-state index contributed by atoms with van der Waals surface area (Å²) in [5, 5.41) is 5.48. The lowest BCUT2D eigenvalue weighted by atomic mass is 10.1. The summed E-state index contributed by atoms with van der Waals surface area (Å²) >= 11 is 0. The molecule has 1 heterocycles. The first kappa shape index (κ1) is 17.9. The second-order valence-corrected chi connectivity index (χ2v) is 5.59. The molecule has 1 unspecified atom stereocenters. The molecule has 24 heavy (non-hydrogen) atoms. The van der Waals surface area contributed by atoms with Gasteiger partial charge in [-0.3, -0.25) is 4.79 Å². The fourth-order valence-electron chi connectivity index (χ4n) is 2.44. The van der Waals surface area contributed by atoms with E-state index < -0.39 is 11.7 Å². The van der Waals surface area contributed by atoms with Crippen molar-refractivity contribution >= 4 is 11.6 Å². The topological polar surface area (TPSA) is 54.3 Å². The van der Waals surface area contributed by atoms with Crippen molar-refractivity contribution in [1.29, 1.82) is 0 Å². The lowest BCUT2D eigenvalue weighted by Gasteiger charge is -2.14. The van der Waals surface area contributed by atoms with E-state index in [2.05, 4.69) is 10.6 Å². The van der Waals surface area contributed by atoms with Crippen LogP contribution in [0.1, 0.15) is 35.6 Å². The van der Waals surface area contributed by atoms with Crippen LogP contribution in [0.15, 0.2) is 34.7 Å². The number of anilines is 1. The molecular formula is C17H19F3N2O2. The number of rotatable bonds is 5. The van der Waals surface area contributed by atoms with Gasteiger partial charge in [0.15, 0.2) is 0 Å². The van der Waals surface area contributed by atoms with Crippen molar-refractivity contribution in [3.8, 4) is 0 Å². The predicted molar refractivity (Wildman–Crippen MR) is 84.7 cm³/mol. The zero-order chi connectivity index (χ0) is 17.9. The van der Waals surface area contributed by atoms with E-state index in [0.29, 0.717) is 0 Å². The SMILES string of the molecule is Cc1cc(C(C)NC(=O)CNc2cccc(C(F)(F)F)c2)c(C)o1. The third kappa shape index (κ3) is 4.53. The number of benzene rings is 1. The Morgan fingerprint density at radius 1 is 1.25 bits per heavy atom. The summed E-state index contributed by atoms with van der Waals surface area (Å²) in [4.78, 5) is 12.0. The second-order valence-electron chi connectivity index (χ2n) is 5.59.